The van der Waals surface area contributed by atoms with E-state index in [1.807, 2.05) is 30.3 Å². The highest BCUT2D eigenvalue weighted by Crippen LogP contribution is 2.22. The van der Waals surface area contributed by atoms with Crippen LogP contribution in [0, 0.1) is 0 Å². The molecule has 0 radical (unpaired) electrons. The monoisotopic (exact) mass is 424 g/mol. The third-order valence-corrected chi connectivity index (χ3v) is 5.69. The van der Waals surface area contributed by atoms with Crippen LogP contribution >= 0.6 is 0 Å². The number of sulfonamides is 1. The fourth-order valence-corrected chi connectivity index (χ4v) is 3.80. The number of hydrogen-bond donors (Lipinski definition) is 3. The lowest BCUT2D eigenvalue weighted by Gasteiger charge is -2.10. The third-order valence-electron chi connectivity index (χ3n) is 4.30. The van der Waals surface area contributed by atoms with E-state index in [9.17, 15) is 18.0 Å². The molecule has 0 spiro atoms. The van der Waals surface area contributed by atoms with Crippen molar-refractivity contribution in [1.29, 1.82) is 0 Å². The molecule has 0 aliphatic carbocycles. The number of carboxylic acid groups (broad SMARTS) is 1. The number of rotatable bonds is 8. The number of carboxylic acids is 1. The van der Waals surface area contributed by atoms with Crippen molar-refractivity contribution in [3.8, 4) is 11.1 Å². The standard InChI is InChI=1S/C22H20N2O5S/c25-21(26)14-15-23-22(27)18-6-10-19(11-7-18)24-30(28,29)20-12-8-17(9-13-20)16-4-2-1-3-5-16/h1-13,24H,14-15H2,(H,23,27)(H,25,26). The Hall–Kier alpha value is -3.65. The van der Waals surface area contributed by atoms with Crippen molar-refractivity contribution < 1.29 is 23.1 Å². The van der Waals surface area contributed by atoms with Gasteiger partial charge in [0.05, 0.1) is 11.3 Å². The molecular weight excluding hydrogens is 404 g/mol. The van der Waals surface area contributed by atoms with Crippen molar-refractivity contribution >= 4 is 27.6 Å². The summed E-state index contributed by atoms with van der Waals surface area (Å²) in [4.78, 5) is 22.6. The van der Waals surface area contributed by atoms with Crippen LogP contribution in [0.1, 0.15) is 16.8 Å². The molecule has 0 heterocycles. The lowest BCUT2D eigenvalue weighted by Crippen LogP contribution is -2.25. The van der Waals surface area contributed by atoms with E-state index in [4.69, 9.17) is 5.11 Å². The Balaban J connectivity index is 1.66. The Bertz CT molecular complexity index is 1130. The highest BCUT2D eigenvalue weighted by Gasteiger charge is 2.15. The molecule has 0 aromatic heterocycles. The highest BCUT2D eigenvalue weighted by molar-refractivity contribution is 7.92. The molecule has 3 aromatic rings. The molecule has 0 aliphatic rings. The largest absolute Gasteiger partial charge is 0.481 e. The fourth-order valence-electron chi connectivity index (χ4n) is 2.75. The van der Waals surface area contributed by atoms with Crippen LogP contribution in [0.3, 0.4) is 0 Å². The summed E-state index contributed by atoms with van der Waals surface area (Å²) in [6, 6.07) is 22.1. The average Bonchev–Trinajstić information content (AvgIpc) is 2.74. The molecule has 0 bridgehead atoms. The Morgan fingerprint density at radius 2 is 1.40 bits per heavy atom. The highest BCUT2D eigenvalue weighted by atomic mass is 32.2. The van der Waals surface area contributed by atoms with E-state index in [1.165, 1.54) is 36.4 Å². The minimum atomic E-state index is -3.78. The van der Waals surface area contributed by atoms with Crippen LogP contribution < -0.4 is 10.0 Å². The number of carbonyl (C=O) groups excluding carboxylic acids is 1. The Labute approximate surface area is 174 Å². The second kappa shape index (κ2) is 9.23. The molecule has 3 rings (SSSR count). The smallest absolute Gasteiger partial charge is 0.305 e. The maximum atomic E-state index is 12.6. The third kappa shape index (κ3) is 5.45. The quantitative estimate of drug-likeness (QED) is 0.513. The van der Waals surface area contributed by atoms with Gasteiger partial charge in [0.1, 0.15) is 0 Å². The van der Waals surface area contributed by atoms with Gasteiger partial charge in [0.25, 0.3) is 15.9 Å². The van der Waals surface area contributed by atoms with Gasteiger partial charge in [-0.25, -0.2) is 8.42 Å². The Kier molecular flexibility index (Phi) is 6.48. The van der Waals surface area contributed by atoms with Gasteiger partial charge in [0, 0.05) is 17.8 Å². The SMILES string of the molecule is O=C(O)CCNC(=O)c1ccc(NS(=O)(=O)c2ccc(-c3ccccc3)cc2)cc1. The molecular formula is C22H20N2O5S. The molecule has 7 nitrogen and oxygen atoms in total. The zero-order chi connectivity index (χ0) is 21.6. The van der Waals surface area contributed by atoms with Crippen LogP contribution in [0.2, 0.25) is 0 Å². The zero-order valence-corrected chi connectivity index (χ0v) is 16.7. The number of anilines is 1. The lowest BCUT2D eigenvalue weighted by molar-refractivity contribution is -0.136. The number of carbonyl (C=O) groups is 2. The van der Waals surface area contributed by atoms with Crippen LogP contribution in [0.15, 0.2) is 83.8 Å². The van der Waals surface area contributed by atoms with Gasteiger partial charge in [-0.2, -0.15) is 0 Å². The molecule has 0 unspecified atom stereocenters. The van der Waals surface area contributed by atoms with Crippen molar-refractivity contribution in [2.75, 3.05) is 11.3 Å². The summed E-state index contributed by atoms with van der Waals surface area (Å²) in [6.07, 6.45) is -0.174. The van der Waals surface area contributed by atoms with Crippen LogP contribution in [0.4, 0.5) is 5.69 Å². The second-order valence-corrected chi connectivity index (χ2v) is 8.16. The van der Waals surface area contributed by atoms with Gasteiger partial charge in [0.15, 0.2) is 0 Å². The normalized spacial score (nSPS) is 10.9. The maximum Gasteiger partial charge on any atom is 0.305 e. The second-order valence-electron chi connectivity index (χ2n) is 6.47. The van der Waals surface area contributed by atoms with Gasteiger partial charge in [-0.3, -0.25) is 14.3 Å². The summed E-state index contributed by atoms with van der Waals surface area (Å²) in [5.41, 5.74) is 2.51. The summed E-state index contributed by atoms with van der Waals surface area (Å²) in [6.45, 7) is 0.0154. The van der Waals surface area contributed by atoms with Crippen LogP contribution in [-0.4, -0.2) is 31.9 Å². The molecule has 0 saturated heterocycles. The molecule has 8 heteroatoms. The van der Waals surface area contributed by atoms with Gasteiger partial charge in [-0.1, -0.05) is 42.5 Å². The number of amides is 1. The lowest BCUT2D eigenvalue weighted by atomic mass is 10.1. The van der Waals surface area contributed by atoms with E-state index in [1.54, 1.807) is 12.1 Å². The maximum absolute atomic E-state index is 12.6. The van der Waals surface area contributed by atoms with E-state index >= 15 is 0 Å². The van der Waals surface area contributed by atoms with Gasteiger partial charge in [0.2, 0.25) is 0 Å². The van der Waals surface area contributed by atoms with Crippen molar-refractivity contribution in [2.45, 2.75) is 11.3 Å². The van der Waals surface area contributed by atoms with Crippen LogP contribution in [0.5, 0.6) is 0 Å². The van der Waals surface area contributed by atoms with Crippen molar-refractivity contribution in [3.63, 3.8) is 0 Å². The van der Waals surface area contributed by atoms with Gasteiger partial charge < -0.3 is 10.4 Å². The van der Waals surface area contributed by atoms with E-state index in [-0.39, 0.29) is 17.9 Å². The van der Waals surface area contributed by atoms with Gasteiger partial charge in [-0.05, 0) is 47.5 Å². The molecule has 154 valence electrons. The molecule has 0 saturated carbocycles. The summed E-state index contributed by atoms with van der Waals surface area (Å²) in [5, 5.41) is 11.1. The number of benzene rings is 3. The predicted octanol–water partition coefficient (Wildman–Crippen LogP) is 3.36. The Morgan fingerprint density at radius 1 is 0.800 bits per heavy atom. The summed E-state index contributed by atoms with van der Waals surface area (Å²) in [5.74, 6) is -1.43. The zero-order valence-electron chi connectivity index (χ0n) is 15.9. The first-order valence-corrected chi connectivity index (χ1v) is 10.6. The van der Waals surface area contributed by atoms with Crippen molar-refractivity contribution in [3.05, 3.63) is 84.4 Å². The topological polar surface area (TPSA) is 113 Å². The minimum Gasteiger partial charge on any atom is -0.481 e. The van der Waals surface area contributed by atoms with E-state index in [0.717, 1.165) is 11.1 Å². The summed E-state index contributed by atoms with van der Waals surface area (Å²) >= 11 is 0. The van der Waals surface area contributed by atoms with Crippen molar-refractivity contribution in [2.24, 2.45) is 0 Å². The predicted molar refractivity (Wildman–Crippen MR) is 114 cm³/mol. The summed E-state index contributed by atoms with van der Waals surface area (Å²) in [7, 11) is -3.78. The molecule has 0 atom stereocenters. The first-order valence-electron chi connectivity index (χ1n) is 9.13. The molecule has 0 aliphatic heterocycles. The van der Waals surface area contributed by atoms with Crippen LogP contribution in [0.25, 0.3) is 11.1 Å². The summed E-state index contributed by atoms with van der Waals surface area (Å²) < 4.78 is 27.7. The molecule has 30 heavy (non-hydrogen) atoms. The minimum absolute atomic E-state index is 0.0154. The van der Waals surface area contributed by atoms with E-state index < -0.39 is 21.9 Å². The van der Waals surface area contributed by atoms with E-state index in [2.05, 4.69) is 10.0 Å². The molecule has 3 aromatic carbocycles. The molecule has 1 amide bonds. The first kappa shape index (κ1) is 21.1. The first-order chi connectivity index (χ1) is 14.3. The molecule has 3 N–H and O–H groups in total. The fraction of sp³-hybridized carbons (Fsp3) is 0.0909. The number of nitrogens with one attached hydrogen (secondary N) is 2. The Morgan fingerprint density at radius 3 is 2.00 bits per heavy atom. The average molecular weight is 424 g/mol. The van der Waals surface area contributed by atoms with Gasteiger partial charge in [-0.15, -0.1) is 0 Å². The van der Waals surface area contributed by atoms with E-state index in [0.29, 0.717) is 11.3 Å². The molecule has 0 fully saturated rings. The van der Waals surface area contributed by atoms with Crippen molar-refractivity contribution in [1.82, 2.24) is 5.32 Å². The van der Waals surface area contributed by atoms with Crippen LogP contribution in [-0.2, 0) is 14.8 Å². The number of hydrogen-bond acceptors (Lipinski definition) is 4. The number of aliphatic carboxylic acids is 1. The van der Waals surface area contributed by atoms with Gasteiger partial charge >= 0.3 is 5.97 Å².